The summed E-state index contributed by atoms with van der Waals surface area (Å²) in [5.41, 5.74) is 0. The zero-order chi connectivity index (χ0) is 37.7. The number of aliphatic hydroxyl groups excluding tert-OH is 1. The lowest BCUT2D eigenvalue weighted by molar-refractivity contribution is -0.161. The molecule has 10 heteroatoms. The summed E-state index contributed by atoms with van der Waals surface area (Å²) in [4.78, 5) is 42.7. The second-order valence-electron chi connectivity index (χ2n) is 11.6. The number of hydrogen-bond acceptors (Lipinski definition) is 7. The molecule has 0 aliphatic rings. The fraction of sp³-hybridized carbons (Fsp3) is 0.512. The van der Waals surface area contributed by atoms with Crippen LogP contribution in [-0.4, -0.2) is 52.3 Å². The number of allylic oxidation sites excluding steroid dienone is 16. The summed E-state index contributed by atoms with van der Waals surface area (Å²) in [5, 5.41) is 9.97. The van der Waals surface area contributed by atoms with Crippen molar-refractivity contribution in [1.82, 2.24) is 0 Å². The van der Waals surface area contributed by atoms with E-state index >= 15 is 0 Å². The van der Waals surface area contributed by atoms with Gasteiger partial charge in [0.15, 0.2) is 6.10 Å². The van der Waals surface area contributed by atoms with Crippen LogP contribution in [0, 0.1) is 0 Å². The summed E-state index contributed by atoms with van der Waals surface area (Å²) >= 11 is 0. The van der Waals surface area contributed by atoms with E-state index in [-0.39, 0.29) is 19.4 Å². The first-order valence-corrected chi connectivity index (χ1v) is 19.8. The number of phosphoric ester groups is 1. The molecule has 0 aliphatic carbocycles. The third-order valence-electron chi connectivity index (χ3n) is 6.87. The molecular weight excluding hydrogens is 667 g/mol. The molecule has 51 heavy (non-hydrogen) atoms. The highest BCUT2D eigenvalue weighted by Crippen LogP contribution is 2.35. The van der Waals surface area contributed by atoms with Crippen LogP contribution in [0.25, 0.3) is 0 Å². The van der Waals surface area contributed by atoms with Crippen LogP contribution in [-0.2, 0) is 28.2 Å². The molecule has 0 heterocycles. The van der Waals surface area contributed by atoms with Crippen molar-refractivity contribution in [2.75, 3.05) is 13.2 Å². The largest absolute Gasteiger partial charge is 0.469 e. The average Bonchev–Trinajstić information content (AvgIpc) is 3.09. The lowest BCUT2D eigenvalue weighted by Gasteiger charge is -2.18. The minimum Gasteiger partial charge on any atom is -0.462 e. The summed E-state index contributed by atoms with van der Waals surface area (Å²) in [6.45, 7) is 3.26. The molecule has 0 fully saturated rings. The number of rotatable bonds is 31. The van der Waals surface area contributed by atoms with E-state index in [1.54, 1.807) is 6.08 Å². The third-order valence-corrected chi connectivity index (χ3v) is 7.35. The van der Waals surface area contributed by atoms with E-state index in [1.807, 2.05) is 42.5 Å². The maximum Gasteiger partial charge on any atom is 0.469 e. The summed E-state index contributed by atoms with van der Waals surface area (Å²) in [6, 6.07) is 0. The summed E-state index contributed by atoms with van der Waals surface area (Å²) in [5.74, 6) is -1.06. The van der Waals surface area contributed by atoms with E-state index in [1.165, 1.54) is 0 Å². The van der Waals surface area contributed by atoms with Gasteiger partial charge < -0.3 is 24.4 Å². The Balaban J connectivity index is 4.26. The maximum atomic E-state index is 12.3. The van der Waals surface area contributed by atoms with Gasteiger partial charge >= 0.3 is 19.8 Å². The van der Waals surface area contributed by atoms with Gasteiger partial charge in [0.25, 0.3) is 0 Å². The molecule has 0 aliphatic heterocycles. The molecular formula is C41H63O9P. The molecule has 286 valence electrons. The molecule has 0 amide bonds. The number of esters is 2. The van der Waals surface area contributed by atoms with Gasteiger partial charge in [0.1, 0.15) is 6.61 Å². The molecule has 0 aromatic rings. The van der Waals surface area contributed by atoms with Crippen molar-refractivity contribution >= 4 is 19.8 Å². The van der Waals surface area contributed by atoms with Gasteiger partial charge in [0, 0.05) is 12.8 Å². The number of phosphoric acid groups is 1. The van der Waals surface area contributed by atoms with Crippen molar-refractivity contribution in [1.29, 1.82) is 0 Å². The molecule has 1 unspecified atom stereocenters. The molecule has 0 rings (SSSR count). The lowest BCUT2D eigenvalue weighted by Crippen LogP contribution is -2.29. The number of unbranched alkanes of at least 4 members (excludes halogenated alkanes) is 3. The summed E-state index contributed by atoms with van der Waals surface area (Å²) in [6.07, 6.45) is 45.6. The normalized spacial score (nSPS) is 14.4. The Morgan fingerprint density at radius 3 is 1.71 bits per heavy atom. The Labute approximate surface area is 307 Å². The second-order valence-corrected chi connectivity index (χ2v) is 12.9. The zero-order valence-corrected chi connectivity index (χ0v) is 31.7. The van der Waals surface area contributed by atoms with E-state index in [0.717, 1.165) is 51.4 Å². The van der Waals surface area contributed by atoms with Crippen molar-refractivity contribution in [3.63, 3.8) is 0 Å². The van der Waals surface area contributed by atoms with Crippen LogP contribution in [0.15, 0.2) is 109 Å². The van der Waals surface area contributed by atoms with Gasteiger partial charge in [-0.25, -0.2) is 4.57 Å². The van der Waals surface area contributed by atoms with Crippen LogP contribution < -0.4 is 0 Å². The predicted molar refractivity (Wildman–Crippen MR) is 208 cm³/mol. The van der Waals surface area contributed by atoms with Gasteiger partial charge in [-0.1, -0.05) is 123 Å². The van der Waals surface area contributed by atoms with Crippen molar-refractivity contribution in [3.05, 3.63) is 109 Å². The fourth-order valence-electron chi connectivity index (χ4n) is 4.19. The molecule has 0 radical (unpaired) electrons. The second kappa shape index (κ2) is 35.1. The SMILES string of the molecule is CC/C=C\C/C=C\C/C=C\C/C=C\CCCCC(=O)OC[C@H](COP(=O)(O)O)OC(=O)CCC/C=C\C/C=C\C=C\C(O)C/C=C\C/C=C\CC. The average molecular weight is 731 g/mol. The number of hydrogen-bond donors (Lipinski definition) is 3. The molecule has 0 aromatic carbocycles. The zero-order valence-electron chi connectivity index (χ0n) is 30.8. The van der Waals surface area contributed by atoms with Gasteiger partial charge in [-0.05, 0) is 83.5 Å². The van der Waals surface area contributed by atoms with Crippen molar-refractivity contribution < 1.29 is 43.0 Å². The van der Waals surface area contributed by atoms with E-state index in [4.69, 9.17) is 19.3 Å². The monoisotopic (exact) mass is 730 g/mol. The molecule has 0 spiro atoms. The van der Waals surface area contributed by atoms with E-state index in [2.05, 4.69) is 79.1 Å². The third kappa shape index (κ3) is 37.7. The molecule has 0 saturated heterocycles. The fourth-order valence-corrected chi connectivity index (χ4v) is 4.55. The summed E-state index contributed by atoms with van der Waals surface area (Å²) < 4.78 is 26.2. The van der Waals surface area contributed by atoms with Gasteiger partial charge in [-0.2, -0.15) is 0 Å². The topological polar surface area (TPSA) is 140 Å². The number of carbonyl (C=O) groups excluding carboxylic acids is 2. The molecule has 3 N–H and O–H groups in total. The van der Waals surface area contributed by atoms with Crippen molar-refractivity contribution in [3.8, 4) is 0 Å². The maximum absolute atomic E-state index is 12.3. The molecule has 0 aromatic heterocycles. The molecule has 0 saturated carbocycles. The van der Waals surface area contributed by atoms with Gasteiger partial charge in [-0.15, -0.1) is 0 Å². The van der Waals surface area contributed by atoms with Crippen LogP contribution in [0.2, 0.25) is 0 Å². The number of ether oxygens (including phenoxy) is 2. The number of aliphatic hydroxyl groups is 1. The van der Waals surface area contributed by atoms with E-state index in [0.29, 0.717) is 32.1 Å². The minimum absolute atomic E-state index is 0.0851. The molecule has 0 bridgehead atoms. The highest BCUT2D eigenvalue weighted by Gasteiger charge is 2.22. The van der Waals surface area contributed by atoms with E-state index < -0.39 is 38.6 Å². The van der Waals surface area contributed by atoms with Crippen LogP contribution in [0.4, 0.5) is 0 Å². The van der Waals surface area contributed by atoms with Crippen LogP contribution >= 0.6 is 7.82 Å². The molecule has 9 nitrogen and oxygen atoms in total. The van der Waals surface area contributed by atoms with Gasteiger partial charge in [0.2, 0.25) is 0 Å². The number of carbonyl (C=O) groups is 2. The first-order chi connectivity index (χ1) is 24.7. The highest BCUT2D eigenvalue weighted by atomic mass is 31.2. The van der Waals surface area contributed by atoms with Gasteiger partial charge in [-0.3, -0.25) is 14.1 Å². The summed E-state index contributed by atoms with van der Waals surface area (Å²) in [7, 11) is -4.80. The van der Waals surface area contributed by atoms with E-state index in [9.17, 15) is 19.3 Å². The van der Waals surface area contributed by atoms with Crippen molar-refractivity contribution in [2.24, 2.45) is 0 Å². The Hall–Kier alpha value is -3.33. The standard InChI is InChI=1S/C41H63O9P/c1-3-5-7-9-11-12-13-14-15-16-17-18-22-26-30-34-40(43)48-36-39(37-49-51(45,46)47)50-41(44)35-31-27-23-20-19-21-25-29-33-38(42)32-28-24-10-8-6-4-2/h5-8,11-12,14-15,17-18,20-21,23-25,28-29,33,38-39,42H,3-4,9-10,13,16,19,22,26-27,30-32,34-37H2,1-2H3,(H2,45,46,47)/b7-5-,8-6-,12-11-,15-14-,18-17-,23-20-,25-21-,28-24-,33-29+/t38?,39-/m1/s1. The van der Waals surface area contributed by atoms with Crippen LogP contribution in [0.5, 0.6) is 0 Å². The Morgan fingerprint density at radius 1 is 0.608 bits per heavy atom. The van der Waals surface area contributed by atoms with Crippen LogP contribution in [0.1, 0.15) is 110 Å². The Bertz CT molecular complexity index is 1200. The quantitative estimate of drug-likeness (QED) is 0.0209. The first-order valence-electron chi connectivity index (χ1n) is 18.3. The highest BCUT2D eigenvalue weighted by molar-refractivity contribution is 7.46. The van der Waals surface area contributed by atoms with Crippen LogP contribution in [0.3, 0.4) is 0 Å². The Kier molecular flexibility index (Phi) is 32.8. The molecule has 2 atom stereocenters. The smallest absolute Gasteiger partial charge is 0.462 e. The lowest BCUT2D eigenvalue weighted by atomic mass is 10.2. The van der Waals surface area contributed by atoms with Gasteiger partial charge in [0.05, 0.1) is 12.7 Å². The minimum atomic E-state index is -4.80. The first kappa shape index (κ1) is 47.7. The predicted octanol–water partition coefficient (Wildman–Crippen LogP) is 9.81. The van der Waals surface area contributed by atoms with Crippen molar-refractivity contribution in [2.45, 2.75) is 122 Å². The Morgan fingerprint density at radius 2 is 1.12 bits per heavy atom.